The summed E-state index contributed by atoms with van der Waals surface area (Å²) < 4.78 is 0. The van der Waals surface area contributed by atoms with Gasteiger partial charge in [0.05, 0.1) is 11.4 Å². The summed E-state index contributed by atoms with van der Waals surface area (Å²) in [5.74, 6) is 0. The monoisotopic (exact) mass is 247 g/mol. The van der Waals surface area contributed by atoms with E-state index in [0.717, 1.165) is 18.1 Å². The summed E-state index contributed by atoms with van der Waals surface area (Å²) in [6.07, 6.45) is 1.04. The van der Waals surface area contributed by atoms with Gasteiger partial charge in [0.15, 0.2) is 5.11 Å². The molecule has 1 aromatic carbocycles. The van der Waals surface area contributed by atoms with E-state index in [2.05, 4.69) is 48.4 Å². The first-order chi connectivity index (χ1) is 8.01. The van der Waals surface area contributed by atoms with Gasteiger partial charge in [-0.15, -0.1) is 0 Å². The molecule has 0 aliphatic carbocycles. The van der Waals surface area contributed by atoms with Gasteiger partial charge < -0.3 is 10.6 Å². The highest BCUT2D eigenvalue weighted by molar-refractivity contribution is 7.80. The minimum absolute atomic E-state index is 0.0646. The maximum atomic E-state index is 5.44. The normalized spacial score (nSPS) is 26.1. The van der Waals surface area contributed by atoms with Crippen LogP contribution in [0.3, 0.4) is 0 Å². The van der Waals surface area contributed by atoms with Gasteiger partial charge in [0.1, 0.15) is 5.66 Å². The lowest BCUT2D eigenvalue weighted by Crippen LogP contribution is -2.60. The van der Waals surface area contributed by atoms with Crippen molar-refractivity contribution < 1.29 is 0 Å². The van der Waals surface area contributed by atoms with Crippen LogP contribution in [0.4, 0.5) is 11.4 Å². The molecule has 1 aromatic rings. The Bertz CT molecular complexity index is 512. The molecule has 1 fully saturated rings. The minimum Gasteiger partial charge on any atom is -0.362 e. The van der Waals surface area contributed by atoms with Gasteiger partial charge in [0, 0.05) is 13.0 Å². The van der Waals surface area contributed by atoms with Gasteiger partial charge in [0.2, 0.25) is 0 Å². The molecule has 3 rings (SSSR count). The fraction of sp³-hybridized carbons (Fsp3) is 0.462. The summed E-state index contributed by atoms with van der Waals surface area (Å²) in [4.78, 5) is 2.22. The Hall–Kier alpha value is -1.29. The van der Waals surface area contributed by atoms with Crippen LogP contribution in [0, 0.1) is 13.8 Å². The van der Waals surface area contributed by atoms with E-state index in [-0.39, 0.29) is 5.66 Å². The molecule has 1 unspecified atom stereocenters. The van der Waals surface area contributed by atoms with Gasteiger partial charge in [-0.2, -0.15) is 0 Å². The number of rotatable bonds is 0. The van der Waals surface area contributed by atoms with Gasteiger partial charge in [-0.1, -0.05) is 0 Å². The van der Waals surface area contributed by atoms with Crippen molar-refractivity contribution in [2.45, 2.75) is 32.9 Å². The topological polar surface area (TPSA) is 27.3 Å². The van der Waals surface area contributed by atoms with Crippen LogP contribution in [0.5, 0.6) is 0 Å². The first-order valence-corrected chi connectivity index (χ1v) is 6.40. The standard InChI is InChI=1S/C13H17N3S/c1-8-6-10-11(7-9(8)2)16-12(17)14-5-4-13(16,3)15-10/h6-7,15H,4-5H2,1-3H3,(H,14,17). The van der Waals surface area contributed by atoms with E-state index in [1.165, 1.54) is 22.5 Å². The Balaban J connectivity index is 2.16. The number of nitrogens with zero attached hydrogens (tertiary/aromatic N) is 1. The van der Waals surface area contributed by atoms with Crippen LogP contribution >= 0.6 is 12.2 Å². The number of anilines is 2. The molecule has 4 heteroatoms. The van der Waals surface area contributed by atoms with Crippen molar-refractivity contribution in [1.29, 1.82) is 0 Å². The average molecular weight is 247 g/mol. The number of thiocarbonyl (C=S) groups is 1. The van der Waals surface area contributed by atoms with E-state index in [1.54, 1.807) is 0 Å². The van der Waals surface area contributed by atoms with Gasteiger partial charge in [-0.3, -0.25) is 4.90 Å². The molecular formula is C13H17N3S. The number of hydrogen-bond donors (Lipinski definition) is 2. The van der Waals surface area contributed by atoms with E-state index >= 15 is 0 Å². The van der Waals surface area contributed by atoms with Crippen LogP contribution in [0.25, 0.3) is 0 Å². The van der Waals surface area contributed by atoms with E-state index in [1.807, 2.05) is 0 Å². The van der Waals surface area contributed by atoms with Crippen molar-refractivity contribution in [3.05, 3.63) is 23.3 Å². The second-order valence-corrected chi connectivity index (χ2v) is 5.56. The van der Waals surface area contributed by atoms with Crippen LogP contribution in [0.1, 0.15) is 24.5 Å². The van der Waals surface area contributed by atoms with Crippen LogP contribution in [-0.4, -0.2) is 17.3 Å². The number of hydrogen-bond acceptors (Lipinski definition) is 2. The Morgan fingerprint density at radius 3 is 2.76 bits per heavy atom. The predicted molar refractivity (Wildman–Crippen MR) is 75.6 cm³/mol. The fourth-order valence-electron chi connectivity index (χ4n) is 2.70. The third kappa shape index (κ3) is 1.43. The van der Waals surface area contributed by atoms with Gasteiger partial charge in [-0.25, -0.2) is 0 Å². The summed E-state index contributed by atoms with van der Waals surface area (Å²) in [5.41, 5.74) is 4.96. The van der Waals surface area contributed by atoms with Crippen LogP contribution in [0.15, 0.2) is 12.1 Å². The smallest absolute Gasteiger partial charge is 0.175 e. The van der Waals surface area contributed by atoms with E-state index < -0.39 is 0 Å². The largest absolute Gasteiger partial charge is 0.362 e. The first kappa shape index (κ1) is 10.8. The fourth-order valence-corrected chi connectivity index (χ4v) is 3.10. The Morgan fingerprint density at radius 1 is 1.29 bits per heavy atom. The molecule has 2 aliphatic rings. The molecule has 0 radical (unpaired) electrons. The zero-order valence-corrected chi connectivity index (χ0v) is 11.2. The Kier molecular flexibility index (Phi) is 2.14. The quantitative estimate of drug-likeness (QED) is 0.689. The summed E-state index contributed by atoms with van der Waals surface area (Å²) in [6, 6.07) is 4.44. The lowest BCUT2D eigenvalue weighted by atomic mass is 10.1. The third-order valence-electron chi connectivity index (χ3n) is 3.84. The van der Waals surface area contributed by atoms with Crippen molar-refractivity contribution in [2.24, 2.45) is 0 Å². The second-order valence-electron chi connectivity index (χ2n) is 5.17. The Labute approximate surface area is 107 Å². The van der Waals surface area contributed by atoms with E-state index in [0.29, 0.717) is 0 Å². The zero-order valence-electron chi connectivity index (χ0n) is 10.4. The number of benzene rings is 1. The molecule has 2 heterocycles. The molecule has 0 bridgehead atoms. The first-order valence-electron chi connectivity index (χ1n) is 5.99. The molecule has 0 saturated carbocycles. The highest BCUT2D eigenvalue weighted by atomic mass is 32.1. The van der Waals surface area contributed by atoms with Crippen LogP contribution in [0.2, 0.25) is 0 Å². The number of aryl methyl sites for hydroxylation is 2. The number of nitrogens with one attached hydrogen (secondary N) is 2. The zero-order chi connectivity index (χ0) is 12.2. The summed E-state index contributed by atoms with van der Waals surface area (Å²) in [6.45, 7) is 7.44. The predicted octanol–water partition coefficient (Wildman–Crippen LogP) is 2.53. The van der Waals surface area contributed by atoms with Crippen molar-refractivity contribution in [3.8, 4) is 0 Å². The highest BCUT2D eigenvalue weighted by Gasteiger charge is 2.43. The SMILES string of the molecule is Cc1cc2c(cc1C)N1C(=S)NCCC1(C)N2. The molecule has 2 aliphatic heterocycles. The van der Waals surface area contributed by atoms with Crippen molar-refractivity contribution in [3.63, 3.8) is 0 Å². The summed E-state index contributed by atoms with van der Waals surface area (Å²) in [7, 11) is 0. The molecule has 3 nitrogen and oxygen atoms in total. The van der Waals surface area contributed by atoms with Crippen molar-refractivity contribution in [1.82, 2.24) is 5.32 Å². The van der Waals surface area contributed by atoms with Crippen LogP contribution < -0.4 is 15.5 Å². The molecule has 1 atom stereocenters. The third-order valence-corrected chi connectivity index (χ3v) is 4.17. The Morgan fingerprint density at radius 2 is 2.00 bits per heavy atom. The van der Waals surface area contributed by atoms with Gasteiger partial charge >= 0.3 is 0 Å². The second kappa shape index (κ2) is 3.35. The lowest BCUT2D eigenvalue weighted by molar-refractivity contribution is 0.471. The van der Waals surface area contributed by atoms with Crippen LogP contribution in [-0.2, 0) is 0 Å². The summed E-state index contributed by atoms with van der Waals surface area (Å²) >= 11 is 5.44. The molecule has 1 saturated heterocycles. The van der Waals surface area contributed by atoms with E-state index in [4.69, 9.17) is 12.2 Å². The highest BCUT2D eigenvalue weighted by Crippen LogP contribution is 2.43. The van der Waals surface area contributed by atoms with Gasteiger partial charge in [0.25, 0.3) is 0 Å². The molecular weight excluding hydrogens is 230 g/mol. The average Bonchev–Trinajstić information content (AvgIpc) is 2.52. The molecule has 17 heavy (non-hydrogen) atoms. The maximum Gasteiger partial charge on any atom is 0.175 e. The molecule has 2 N–H and O–H groups in total. The molecule has 0 amide bonds. The van der Waals surface area contributed by atoms with Crippen molar-refractivity contribution in [2.75, 3.05) is 16.8 Å². The lowest BCUT2D eigenvalue weighted by Gasteiger charge is -2.41. The number of fused-ring (bicyclic) bond motifs is 3. The maximum absolute atomic E-state index is 5.44. The summed E-state index contributed by atoms with van der Waals surface area (Å²) in [5, 5.41) is 7.71. The molecule has 90 valence electrons. The minimum atomic E-state index is -0.0646. The molecule has 0 aromatic heterocycles. The van der Waals surface area contributed by atoms with Gasteiger partial charge in [-0.05, 0) is 56.2 Å². The molecule has 0 spiro atoms. The van der Waals surface area contributed by atoms with Crippen molar-refractivity contribution >= 4 is 28.7 Å². The van der Waals surface area contributed by atoms with E-state index in [9.17, 15) is 0 Å².